The zero-order valence-electron chi connectivity index (χ0n) is 36.8. The van der Waals surface area contributed by atoms with Crippen LogP contribution in [0.15, 0.2) is 24.3 Å². The van der Waals surface area contributed by atoms with Crippen LogP contribution in [0.3, 0.4) is 0 Å². The summed E-state index contributed by atoms with van der Waals surface area (Å²) >= 11 is 0. The normalized spacial score (nSPS) is 11.6. The van der Waals surface area contributed by atoms with Gasteiger partial charge in [-0.3, -0.25) is 0 Å². The highest BCUT2D eigenvalue weighted by molar-refractivity contribution is 5.27. The Morgan fingerprint density at radius 1 is 0.259 bits per heavy atom. The number of rotatable bonds is 50. The van der Waals surface area contributed by atoms with Crippen molar-refractivity contribution in [3.05, 3.63) is 29.8 Å². The van der Waals surface area contributed by atoms with Gasteiger partial charge >= 0.3 is 0 Å². The number of hydrogen-bond donors (Lipinski definition) is 0. The molecule has 0 aliphatic rings. The number of benzene rings is 1. The topological polar surface area (TPSA) is 120 Å². The lowest BCUT2D eigenvalue weighted by molar-refractivity contribution is -0.0285. The summed E-state index contributed by atoms with van der Waals surface area (Å²) in [5, 5.41) is 0. The molecule has 1 rings (SSSR count). The molecule has 13 heteroatoms. The molecule has 0 unspecified atom stereocenters. The van der Waals surface area contributed by atoms with Gasteiger partial charge in [-0.15, -0.1) is 0 Å². The van der Waals surface area contributed by atoms with E-state index in [1.807, 2.05) is 0 Å². The zero-order chi connectivity index (χ0) is 41.3. The summed E-state index contributed by atoms with van der Waals surface area (Å²) in [5.41, 5.74) is 1.38. The molecule has 0 saturated heterocycles. The average molecular weight is 833 g/mol. The van der Waals surface area contributed by atoms with Crippen LogP contribution >= 0.6 is 0 Å². The van der Waals surface area contributed by atoms with Crippen molar-refractivity contribution in [3.63, 3.8) is 0 Å². The van der Waals surface area contributed by atoms with Crippen molar-refractivity contribution >= 4 is 0 Å². The van der Waals surface area contributed by atoms with Gasteiger partial charge in [0.25, 0.3) is 0 Å². The number of aryl methyl sites for hydroxylation is 1. The molecular formula is C45H84O13. The molecule has 13 nitrogen and oxygen atoms in total. The Labute approximate surface area is 352 Å². The van der Waals surface area contributed by atoms with E-state index in [1.165, 1.54) is 69.8 Å². The van der Waals surface area contributed by atoms with Crippen molar-refractivity contribution in [1.82, 2.24) is 0 Å². The van der Waals surface area contributed by atoms with Crippen LogP contribution < -0.4 is 4.74 Å². The first-order chi connectivity index (χ1) is 28.9. The summed E-state index contributed by atoms with van der Waals surface area (Å²) in [6.07, 6.45) is 15.4. The van der Waals surface area contributed by atoms with Gasteiger partial charge in [0.2, 0.25) is 0 Å². The van der Waals surface area contributed by atoms with E-state index in [4.69, 9.17) is 61.6 Å². The van der Waals surface area contributed by atoms with E-state index in [-0.39, 0.29) is 0 Å². The monoisotopic (exact) mass is 833 g/mol. The predicted molar refractivity (Wildman–Crippen MR) is 228 cm³/mol. The van der Waals surface area contributed by atoms with E-state index >= 15 is 0 Å². The molecule has 0 aliphatic heterocycles. The second kappa shape index (κ2) is 48.2. The Morgan fingerprint density at radius 3 is 0.845 bits per heavy atom. The van der Waals surface area contributed by atoms with Gasteiger partial charge in [-0.1, -0.05) is 83.8 Å². The second-order valence-electron chi connectivity index (χ2n) is 13.8. The van der Waals surface area contributed by atoms with Gasteiger partial charge in [0.05, 0.1) is 152 Å². The zero-order valence-corrected chi connectivity index (χ0v) is 36.8. The molecule has 0 heterocycles. The van der Waals surface area contributed by atoms with E-state index in [0.717, 1.165) is 25.2 Å². The summed E-state index contributed by atoms with van der Waals surface area (Å²) in [5.74, 6) is 0.886. The van der Waals surface area contributed by atoms with Crippen LogP contribution in [0.25, 0.3) is 0 Å². The number of unbranched alkanes of at least 4 members (excludes halogenated alkanes) is 9. The molecule has 0 saturated carbocycles. The lowest BCUT2D eigenvalue weighted by atomic mass is 10.0. The fraction of sp³-hybridized carbons (Fsp3) is 0.867. The van der Waals surface area contributed by atoms with E-state index in [2.05, 4.69) is 38.1 Å². The summed E-state index contributed by atoms with van der Waals surface area (Å²) in [6.45, 7) is 18.1. The molecule has 0 aromatic heterocycles. The third-order valence-corrected chi connectivity index (χ3v) is 8.72. The van der Waals surface area contributed by atoms with Gasteiger partial charge in [0.1, 0.15) is 12.4 Å². The van der Waals surface area contributed by atoms with Crippen LogP contribution in [0.4, 0.5) is 0 Å². The fourth-order valence-electron chi connectivity index (χ4n) is 5.41. The fourth-order valence-corrected chi connectivity index (χ4v) is 5.41. The third kappa shape index (κ3) is 42.7. The summed E-state index contributed by atoms with van der Waals surface area (Å²) in [6, 6.07) is 8.44. The minimum atomic E-state index is 0.512. The molecule has 0 radical (unpaired) electrons. The quantitative estimate of drug-likeness (QED) is 0.0620. The highest BCUT2D eigenvalue weighted by Gasteiger charge is 2.00. The molecule has 0 atom stereocenters. The van der Waals surface area contributed by atoms with Crippen molar-refractivity contribution in [2.45, 2.75) is 90.9 Å². The molecule has 58 heavy (non-hydrogen) atoms. The maximum absolute atomic E-state index is 5.78. The van der Waals surface area contributed by atoms with Crippen molar-refractivity contribution in [1.29, 1.82) is 0 Å². The molecule has 0 N–H and O–H groups in total. The lowest BCUT2D eigenvalue weighted by Crippen LogP contribution is -2.15. The largest absolute Gasteiger partial charge is 0.491 e. The molecule has 1 aromatic rings. The highest BCUT2D eigenvalue weighted by Crippen LogP contribution is 2.15. The number of ether oxygens (including phenoxy) is 13. The van der Waals surface area contributed by atoms with Crippen molar-refractivity contribution in [2.75, 3.05) is 165 Å². The first kappa shape index (κ1) is 54.6. The van der Waals surface area contributed by atoms with Gasteiger partial charge in [-0.2, -0.15) is 0 Å². The molecule has 1 aromatic carbocycles. The first-order valence-electron chi connectivity index (χ1n) is 22.5. The number of hydrogen-bond acceptors (Lipinski definition) is 13. The van der Waals surface area contributed by atoms with Crippen LogP contribution in [0.2, 0.25) is 0 Å². The van der Waals surface area contributed by atoms with Gasteiger partial charge in [-0.05, 0) is 37.0 Å². The smallest absolute Gasteiger partial charge is 0.119 e. The van der Waals surface area contributed by atoms with Crippen LogP contribution in [-0.2, 0) is 63.3 Å². The maximum atomic E-state index is 5.78. The molecule has 342 valence electrons. The standard InChI is InChI=1S/C45H84O13/c1-3-5-7-9-10-12-14-44-15-17-45(18-16-44)58-43-42-57-41-40-56-39-38-55-37-36-54-35-34-53-33-32-52-31-30-51-29-28-50-27-26-49-25-24-48-23-22-47-21-20-46-19-13-11-8-6-4-2/h15-18H,3-14,19-43H2,1-2H3. The van der Waals surface area contributed by atoms with E-state index in [1.54, 1.807) is 0 Å². The molecule has 0 bridgehead atoms. The average Bonchev–Trinajstić information content (AvgIpc) is 3.24. The summed E-state index contributed by atoms with van der Waals surface area (Å²) in [7, 11) is 0. The second-order valence-corrected chi connectivity index (χ2v) is 13.8. The van der Waals surface area contributed by atoms with E-state index in [9.17, 15) is 0 Å². The Hall–Kier alpha value is -1.46. The van der Waals surface area contributed by atoms with E-state index < -0.39 is 0 Å². The van der Waals surface area contributed by atoms with Crippen LogP contribution in [0.5, 0.6) is 5.75 Å². The van der Waals surface area contributed by atoms with Gasteiger partial charge < -0.3 is 61.6 Å². The molecule has 0 spiro atoms. The van der Waals surface area contributed by atoms with Crippen molar-refractivity contribution < 1.29 is 61.6 Å². The summed E-state index contributed by atoms with van der Waals surface area (Å²) < 4.78 is 72.2. The van der Waals surface area contributed by atoms with Crippen LogP contribution in [-0.4, -0.2) is 165 Å². The van der Waals surface area contributed by atoms with Crippen LogP contribution in [0, 0.1) is 0 Å². The van der Waals surface area contributed by atoms with Gasteiger partial charge in [-0.25, -0.2) is 0 Å². The molecule has 0 aliphatic carbocycles. The summed E-state index contributed by atoms with van der Waals surface area (Å²) in [4.78, 5) is 0. The van der Waals surface area contributed by atoms with Crippen molar-refractivity contribution in [3.8, 4) is 5.75 Å². The molecule has 0 amide bonds. The third-order valence-electron chi connectivity index (χ3n) is 8.72. The minimum absolute atomic E-state index is 0.512. The van der Waals surface area contributed by atoms with Crippen molar-refractivity contribution in [2.24, 2.45) is 0 Å². The predicted octanol–water partition coefficient (Wildman–Crippen LogP) is 7.14. The minimum Gasteiger partial charge on any atom is -0.491 e. The van der Waals surface area contributed by atoms with Gasteiger partial charge in [0.15, 0.2) is 0 Å². The maximum Gasteiger partial charge on any atom is 0.119 e. The van der Waals surface area contributed by atoms with Gasteiger partial charge in [0, 0.05) is 6.61 Å². The molecular weight excluding hydrogens is 748 g/mol. The first-order valence-corrected chi connectivity index (χ1v) is 22.5. The SMILES string of the molecule is CCCCCCCCc1ccc(OCCOCCOCCOCCOCCOCCOCCOCCOCCOCCOCCOCCOCCCCCCC)cc1. The Balaban J connectivity index is 1.65. The molecule has 0 fully saturated rings. The Morgan fingerprint density at radius 2 is 0.517 bits per heavy atom. The van der Waals surface area contributed by atoms with Crippen LogP contribution in [0.1, 0.15) is 90.0 Å². The Kier molecular flexibility index (Phi) is 45.3. The lowest BCUT2D eigenvalue weighted by Gasteiger charge is -2.09. The Bertz CT molecular complexity index is 896. The van der Waals surface area contributed by atoms with E-state index in [0.29, 0.717) is 159 Å². The highest BCUT2D eigenvalue weighted by atomic mass is 16.6.